The third-order valence-corrected chi connectivity index (χ3v) is 4.53. The highest BCUT2D eigenvalue weighted by atomic mass is 32.2. The van der Waals surface area contributed by atoms with E-state index in [1.54, 1.807) is 0 Å². The molecule has 0 saturated carbocycles. The Labute approximate surface area is 68.7 Å². The highest BCUT2D eigenvalue weighted by molar-refractivity contribution is 8.18. The highest BCUT2D eigenvalue weighted by Gasteiger charge is 2.43. The first-order valence-corrected chi connectivity index (χ1v) is 6.03. The molecule has 0 spiro atoms. The van der Waals surface area contributed by atoms with Gasteiger partial charge in [0.2, 0.25) is 0 Å². The van der Waals surface area contributed by atoms with Gasteiger partial charge in [-0.05, 0) is 0 Å². The van der Waals surface area contributed by atoms with Crippen LogP contribution in [0.5, 0.6) is 0 Å². The van der Waals surface area contributed by atoms with Crippen molar-refractivity contribution in [2.24, 2.45) is 0 Å². The molecule has 0 fully saturated rings. The molecule has 0 radical (unpaired) electrons. The summed E-state index contributed by atoms with van der Waals surface area (Å²) in [6.45, 7) is 1.18. The Balaban J connectivity index is 5.44. The summed E-state index contributed by atoms with van der Waals surface area (Å²) >= 11 is 0. The summed E-state index contributed by atoms with van der Waals surface area (Å²) in [5.74, 6) is -0.530. The third kappa shape index (κ3) is 2.51. The van der Waals surface area contributed by atoms with E-state index < -0.39 is 28.0 Å². The summed E-state index contributed by atoms with van der Waals surface area (Å²) in [5.41, 5.74) is 8.04. The minimum absolute atomic E-state index is 0.530. The Bertz CT molecular complexity index is 360. The average molecular weight is 214 g/mol. The molecule has 0 aliphatic heterocycles. The second-order valence-electron chi connectivity index (χ2n) is 1.83. The van der Waals surface area contributed by atoms with Crippen LogP contribution in [-0.4, -0.2) is 33.5 Å². The van der Waals surface area contributed by atoms with Crippen molar-refractivity contribution in [1.29, 1.82) is 0 Å². The molecule has 0 rings (SSSR count). The van der Waals surface area contributed by atoms with Gasteiger partial charge in [-0.15, -0.1) is 4.79 Å². The molecule has 0 aliphatic rings. The van der Waals surface area contributed by atoms with Crippen molar-refractivity contribution < 1.29 is 27.6 Å². The Morgan fingerprint density at radius 1 is 1.58 bits per heavy atom. The molecule has 0 heterocycles. The molecular weight excluding hydrogens is 207 g/mol. The van der Waals surface area contributed by atoms with E-state index in [0.29, 0.717) is 0 Å². The van der Waals surface area contributed by atoms with Crippen molar-refractivity contribution in [3.05, 3.63) is 5.53 Å². The molecule has 0 aliphatic carbocycles. The maximum Gasteiger partial charge on any atom is 0.490 e. The van der Waals surface area contributed by atoms with E-state index in [9.17, 15) is 13.0 Å². The molecule has 0 bridgehead atoms. The molecular formula is C3H7N2O5PS. The summed E-state index contributed by atoms with van der Waals surface area (Å²) in [5, 5.41) is 0. The first-order valence-electron chi connectivity index (χ1n) is 2.76. The average Bonchev–Trinajstić information content (AvgIpc) is 1.85. The van der Waals surface area contributed by atoms with Gasteiger partial charge >= 0.3 is 12.4 Å². The summed E-state index contributed by atoms with van der Waals surface area (Å²) in [4.78, 5) is 17.3. The Kier molecular flexibility index (Phi) is 3.32. The minimum atomic E-state index is -5.00. The summed E-state index contributed by atoms with van der Waals surface area (Å²) in [6.07, 6.45) is 0. The second-order valence-corrected chi connectivity index (χ2v) is 5.84. The van der Waals surface area contributed by atoms with Crippen molar-refractivity contribution >= 4 is 22.2 Å². The van der Waals surface area contributed by atoms with Gasteiger partial charge in [0.05, 0.1) is 5.75 Å². The fourth-order valence-electron chi connectivity index (χ4n) is 0.431. The van der Waals surface area contributed by atoms with Crippen molar-refractivity contribution in [3.63, 3.8) is 0 Å². The van der Waals surface area contributed by atoms with Gasteiger partial charge in [-0.1, -0.05) is 6.92 Å². The van der Waals surface area contributed by atoms with Crippen molar-refractivity contribution in [3.8, 4) is 0 Å². The lowest BCUT2D eigenvalue weighted by Gasteiger charge is -1.96. The number of hydrogen-bond acceptors (Lipinski definition) is 3. The predicted molar refractivity (Wildman–Crippen MR) is 40.1 cm³/mol. The summed E-state index contributed by atoms with van der Waals surface area (Å²) in [6, 6.07) is 0. The van der Waals surface area contributed by atoms with Crippen LogP contribution in [0, 0.1) is 0 Å². The first-order chi connectivity index (χ1) is 5.25. The van der Waals surface area contributed by atoms with Crippen LogP contribution in [0.2, 0.25) is 0 Å². The zero-order chi connectivity index (χ0) is 9.99. The Morgan fingerprint density at radius 3 is 2.08 bits per heavy atom. The lowest BCUT2D eigenvalue weighted by molar-refractivity contribution is 0.00180. The first kappa shape index (κ1) is 11.5. The van der Waals surface area contributed by atoms with E-state index in [2.05, 4.69) is 4.79 Å². The quantitative estimate of drug-likeness (QED) is 0.204. The molecule has 9 heteroatoms. The molecule has 0 aromatic heterocycles. The fraction of sp³-hybridized carbons (Fsp3) is 0.667. The third-order valence-electron chi connectivity index (χ3n) is 0.993. The fourth-order valence-corrected chi connectivity index (χ4v) is 2.77. The molecule has 12 heavy (non-hydrogen) atoms. The SMILES string of the molecule is CCS(=O)(=O)C(=[N+]=[N-])P(=O)(O)O. The van der Waals surface area contributed by atoms with Gasteiger partial charge in [-0.2, -0.15) is 0 Å². The van der Waals surface area contributed by atoms with E-state index in [1.807, 2.05) is 0 Å². The monoisotopic (exact) mass is 214 g/mol. The topological polar surface area (TPSA) is 128 Å². The normalized spacial score (nSPS) is 12.2. The Morgan fingerprint density at radius 2 is 2.00 bits per heavy atom. The van der Waals surface area contributed by atoms with E-state index in [0.717, 1.165) is 0 Å². The molecule has 0 aromatic carbocycles. The standard InChI is InChI=1S/C3H7N2O5PS/c1-2-12(9,10)3(5-4)11(6,7)8/h2H2,1H3,(H2,6,7,8). The van der Waals surface area contributed by atoms with Crippen LogP contribution in [0.15, 0.2) is 0 Å². The highest BCUT2D eigenvalue weighted by Crippen LogP contribution is 2.37. The number of nitrogens with zero attached hydrogens (tertiary/aromatic N) is 2. The van der Waals surface area contributed by atoms with E-state index in [-0.39, 0.29) is 0 Å². The molecule has 70 valence electrons. The molecule has 0 amide bonds. The predicted octanol–water partition coefficient (Wildman–Crippen LogP) is -0.815. The van der Waals surface area contributed by atoms with Gasteiger partial charge in [0.15, 0.2) is 0 Å². The largest absolute Gasteiger partial charge is 0.490 e. The lowest BCUT2D eigenvalue weighted by atomic mass is 11.0. The lowest BCUT2D eigenvalue weighted by Crippen LogP contribution is -2.18. The van der Waals surface area contributed by atoms with Crippen LogP contribution in [0.25, 0.3) is 5.53 Å². The Hall–Kier alpha value is -0.520. The second kappa shape index (κ2) is 3.47. The van der Waals surface area contributed by atoms with Gasteiger partial charge in [-0.25, -0.2) is 13.0 Å². The number of rotatable bonds is 2. The van der Waals surface area contributed by atoms with E-state index in [4.69, 9.17) is 15.3 Å². The van der Waals surface area contributed by atoms with Crippen LogP contribution in [0.4, 0.5) is 0 Å². The van der Waals surface area contributed by atoms with Gasteiger partial charge in [0, 0.05) is 0 Å². The minimum Gasteiger partial charge on any atom is -0.360 e. The molecule has 0 atom stereocenters. The maximum atomic E-state index is 10.8. The van der Waals surface area contributed by atoms with Crippen molar-refractivity contribution in [2.45, 2.75) is 6.92 Å². The smallest absolute Gasteiger partial charge is 0.360 e. The van der Waals surface area contributed by atoms with E-state index in [1.165, 1.54) is 6.92 Å². The van der Waals surface area contributed by atoms with Gasteiger partial charge in [-0.3, -0.25) is 0 Å². The molecule has 0 saturated heterocycles. The summed E-state index contributed by atoms with van der Waals surface area (Å²) in [7, 11) is -9.13. The number of hydrogen-bond donors (Lipinski definition) is 2. The van der Waals surface area contributed by atoms with E-state index >= 15 is 0 Å². The molecule has 2 N–H and O–H groups in total. The molecule has 0 unspecified atom stereocenters. The van der Waals surface area contributed by atoms with Crippen LogP contribution in [0.3, 0.4) is 0 Å². The van der Waals surface area contributed by atoms with Crippen molar-refractivity contribution in [2.75, 3.05) is 5.75 Å². The van der Waals surface area contributed by atoms with Gasteiger partial charge < -0.3 is 15.3 Å². The van der Waals surface area contributed by atoms with Gasteiger partial charge in [0.25, 0.3) is 9.84 Å². The van der Waals surface area contributed by atoms with Crippen LogP contribution in [0.1, 0.15) is 6.92 Å². The molecule has 7 nitrogen and oxygen atoms in total. The zero-order valence-electron chi connectivity index (χ0n) is 6.08. The van der Waals surface area contributed by atoms with Crippen molar-refractivity contribution in [1.82, 2.24) is 0 Å². The van der Waals surface area contributed by atoms with Crippen LogP contribution >= 0.6 is 7.60 Å². The number of sulfone groups is 1. The maximum absolute atomic E-state index is 10.8. The molecule has 0 aromatic rings. The van der Waals surface area contributed by atoms with Gasteiger partial charge in [0.1, 0.15) is 0 Å². The van der Waals surface area contributed by atoms with Crippen LogP contribution in [-0.2, 0) is 14.4 Å². The zero-order valence-corrected chi connectivity index (χ0v) is 7.79. The van der Waals surface area contributed by atoms with Crippen LogP contribution < -0.4 is 0 Å². The summed E-state index contributed by atoms with van der Waals surface area (Å²) < 4.78 is 32.0.